The van der Waals surface area contributed by atoms with Crippen LogP contribution in [0.3, 0.4) is 0 Å². The number of ketones is 1. The molecule has 0 bridgehead atoms. The Labute approximate surface area is 102 Å². The van der Waals surface area contributed by atoms with Crippen LogP contribution < -0.4 is 0 Å². The fourth-order valence-electron chi connectivity index (χ4n) is 2.13. The van der Waals surface area contributed by atoms with Gasteiger partial charge in [-0.15, -0.1) is 0 Å². The van der Waals surface area contributed by atoms with E-state index < -0.39 is 17.5 Å². The van der Waals surface area contributed by atoms with Gasteiger partial charge in [0.15, 0.2) is 5.78 Å². The molecule has 5 heteroatoms. The Morgan fingerprint density at radius 2 is 1.76 bits per heavy atom. The van der Waals surface area contributed by atoms with Crippen molar-refractivity contribution in [2.45, 2.75) is 31.9 Å². The normalized spacial score (nSPS) is 16.6. The molecule has 1 aromatic carbocycles. The summed E-state index contributed by atoms with van der Waals surface area (Å²) in [6.45, 7) is 0. The van der Waals surface area contributed by atoms with Crippen molar-refractivity contribution in [2.75, 3.05) is 0 Å². The molecule has 1 nitrogen and oxygen atoms in total. The number of carbonyl (C=O) groups excluding carboxylic acids is 1. The van der Waals surface area contributed by atoms with E-state index >= 15 is 0 Å². The van der Waals surface area contributed by atoms with E-state index in [1.807, 2.05) is 0 Å². The zero-order valence-corrected chi connectivity index (χ0v) is 9.66. The van der Waals surface area contributed by atoms with Crippen LogP contribution in [-0.2, 0) is 12.6 Å². The zero-order chi connectivity index (χ0) is 12.6. The van der Waals surface area contributed by atoms with Crippen molar-refractivity contribution in [1.82, 2.24) is 0 Å². The third-order valence-electron chi connectivity index (χ3n) is 2.92. The van der Waals surface area contributed by atoms with Crippen molar-refractivity contribution < 1.29 is 18.0 Å². The van der Waals surface area contributed by atoms with Gasteiger partial charge in [-0.05, 0) is 37.0 Å². The monoisotopic (exact) mass is 262 g/mol. The Morgan fingerprint density at radius 1 is 1.12 bits per heavy atom. The van der Waals surface area contributed by atoms with Crippen molar-refractivity contribution in [3.63, 3.8) is 0 Å². The van der Waals surface area contributed by atoms with Crippen LogP contribution in [0.1, 0.15) is 40.7 Å². The van der Waals surface area contributed by atoms with E-state index in [1.165, 1.54) is 6.07 Å². The minimum absolute atomic E-state index is 0.163. The fourth-order valence-corrected chi connectivity index (χ4v) is 2.39. The second-order valence-electron chi connectivity index (χ2n) is 4.08. The van der Waals surface area contributed by atoms with Crippen LogP contribution in [0.5, 0.6) is 0 Å². The number of hydrogen-bond acceptors (Lipinski definition) is 1. The Kier molecular flexibility index (Phi) is 3.17. The quantitative estimate of drug-likeness (QED) is 0.638. The van der Waals surface area contributed by atoms with Gasteiger partial charge in [0, 0.05) is 17.0 Å². The molecule has 2 rings (SSSR count). The van der Waals surface area contributed by atoms with Crippen LogP contribution >= 0.6 is 11.6 Å². The first-order chi connectivity index (χ1) is 7.91. The summed E-state index contributed by atoms with van der Waals surface area (Å²) < 4.78 is 38.5. The van der Waals surface area contributed by atoms with Gasteiger partial charge in [-0.25, -0.2) is 0 Å². The third-order valence-corrected chi connectivity index (χ3v) is 3.27. The molecule has 0 atom stereocenters. The molecule has 0 fully saturated rings. The first-order valence-electron chi connectivity index (χ1n) is 5.33. The minimum atomic E-state index is -4.51. The second kappa shape index (κ2) is 4.33. The fraction of sp³-hybridized carbons (Fsp3) is 0.417. The first-order valence-corrected chi connectivity index (χ1v) is 5.71. The molecular formula is C12H10ClF3O. The van der Waals surface area contributed by atoms with Crippen LogP contribution in [0.25, 0.3) is 0 Å². The summed E-state index contributed by atoms with van der Waals surface area (Å²) >= 11 is 5.88. The lowest BCUT2D eigenvalue weighted by Crippen LogP contribution is -2.14. The van der Waals surface area contributed by atoms with Gasteiger partial charge in [0.05, 0.1) is 5.56 Å². The van der Waals surface area contributed by atoms with Gasteiger partial charge in [0.2, 0.25) is 0 Å². The second-order valence-corrected chi connectivity index (χ2v) is 4.48. The standard InChI is InChI=1S/C12H10ClF3O/c13-9-6-5-8(12(14,15)16)11-7(9)3-1-2-4-10(11)17/h5-6H,1-4H2. The minimum Gasteiger partial charge on any atom is -0.294 e. The summed E-state index contributed by atoms with van der Waals surface area (Å²) in [5, 5.41) is 0.253. The Balaban J connectivity index is 2.68. The Hall–Kier alpha value is -1.03. The van der Waals surface area contributed by atoms with E-state index in [9.17, 15) is 18.0 Å². The van der Waals surface area contributed by atoms with E-state index in [2.05, 4.69) is 0 Å². The average Bonchev–Trinajstić information content (AvgIpc) is 2.41. The molecule has 0 saturated heterocycles. The number of fused-ring (bicyclic) bond motifs is 1. The van der Waals surface area contributed by atoms with Gasteiger partial charge >= 0.3 is 6.18 Å². The van der Waals surface area contributed by atoms with Gasteiger partial charge < -0.3 is 0 Å². The number of carbonyl (C=O) groups is 1. The van der Waals surface area contributed by atoms with Crippen molar-refractivity contribution in [2.24, 2.45) is 0 Å². The van der Waals surface area contributed by atoms with Gasteiger partial charge in [-0.2, -0.15) is 13.2 Å². The van der Waals surface area contributed by atoms with Crippen LogP contribution in [-0.4, -0.2) is 5.78 Å². The van der Waals surface area contributed by atoms with Crippen molar-refractivity contribution in [3.05, 3.63) is 33.8 Å². The lowest BCUT2D eigenvalue weighted by Gasteiger charge is -2.15. The highest BCUT2D eigenvalue weighted by molar-refractivity contribution is 6.32. The Morgan fingerprint density at radius 3 is 2.41 bits per heavy atom. The molecule has 1 aromatic rings. The SMILES string of the molecule is O=C1CCCCc2c(Cl)ccc(C(F)(F)F)c21. The first kappa shape index (κ1) is 12.4. The third kappa shape index (κ3) is 2.32. The summed E-state index contributed by atoms with van der Waals surface area (Å²) in [6, 6.07) is 2.12. The van der Waals surface area contributed by atoms with Gasteiger partial charge in [0.25, 0.3) is 0 Å². The van der Waals surface area contributed by atoms with Crippen LogP contribution in [0.4, 0.5) is 13.2 Å². The number of hydrogen-bond donors (Lipinski definition) is 0. The maximum absolute atomic E-state index is 12.8. The molecule has 0 spiro atoms. The summed E-state index contributed by atoms with van der Waals surface area (Å²) in [7, 11) is 0. The van der Waals surface area contributed by atoms with Crippen molar-refractivity contribution >= 4 is 17.4 Å². The maximum atomic E-state index is 12.8. The lowest BCUT2D eigenvalue weighted by molar-refractivity contribution is -0.137. The van der Waals surface area contributed by atoms with Crippen LogP contribution in [0.2, 0.25) is 5.02 Å². The van der Waals surface area contributed by atoms with Crippen LogP contribution in [0.15, 0.2) is 12.1 Å². The molecule has 1 aliphatic rings. The molecular weight excluding hydrogens is 253 g/mol. The molecule has 92 valence electrons. The largest absolute Gasteiger partial charge is 0.417 e. The molecule has 17 heavy (non-hydrogen) atoms. The van der Waals surface area contributed by atoms with Crippen LogP contribution in [0, 0.1) is 0 Å². The predicted molar refractivity (Wildman–Crippen MR) is 58.3 cm³/mol. The molecule has 0 radical (unpaired) electrons. The molecule has 0 saturated carbocycles. The molecule has 1 aliphatic carbocycles. The van der Waals surface area contributed by atoms with Gasteiger partial charge in [-0.3, -0.25) is 4.79 Å². The number of halogens is 4. The van der Waals surface area contributed by atoms with Crippen molar-refractivity contribution in [3.8, 4) is 0 Å². The van der Waals surface area contributed by atoms with E-state index in [1.54, 1.807) is 0 Å². The summed E-state index contributed by atoms with van der Waals surface area (Å²) in [5.41, 5.74) is -0.727. The topological polar surface area (TPSA) is 17.1 Å². The van der Waals surface area contributed by atoms with E-state index in [-0.39, 0.29) is 17.0 Å². The summed E-state index contributed by atoms with van der Waals surface area (Å²) in [5.74, 6) is -0.452. The molecule has 0 unspecified atom stereocenters. The number of benzene rings is 1. The van der Waals surface area contributed by atoms with Gasteiger partial charge in [0.1, 0.15) is 0 Å². The summed E-state index contributed by atoms with van der Waals surface area (Å²) in [6.07, 6.45) is -2.60. The molecule has 0 aromatic heterocycles. The number of alkyl halides is 3. The summed E-state index contributed by atoms with van der Waals surface area (Å²) in [4.78, 5) is 11.8. The Bertz CT molecular complexity index is 466. The maximum Gasteiger partial charge on any atom is 0.417 e. The molecule has 0 amide bonds. The highest BCUT2D eigenvalue weighted by Gasteiger charge is 2.37. The van der Waals surface area contributed by atoms with Crippen molar-refractivity contribution in [1.29, 1.82) is 0 Å². The molecule has 0 N–H and O–H groups in total. The predicted octanol–water partition coefficient (Wildman–Crippen LogP) is 4.27. The van der Waals surface area contributed by atoms with E-state index in [4.69, 9.17) is 11.6 Å². The van der Waals surface area contributed by atoms with E-state index in [0.29, 0.717) is 24.8 Å². The average molecular weight is 263 g/mol. The number of rotatable bonds is 0. The highest BCUT2D eigenvalue weighted by Crippen LogP contribution is 2.38. The smallest absolute Gasteiger partial charge is 0.294 e. The molecule has 0 aliphatic heterocycles. The highest BCUT2D eigenvalue weighted by atomic mass is 35.5. The van der Waals surface area contributed by atoms with E-state index in [0.717, 1.165) is 6.07 Å². The van der Waals surface area contributed by atoms with Gasteiger partial charge in [-0.1, -0.05) is 11.6 Å². The lowest BCUT2D eigenvalue weighted by atomic mass is 9.96. The number of Topliss-reactive ketones (excluding diaryl/α,β-unsaturated/α-hetero) is 1. The molecule has 0 heterocycles. The zero-order valence-electron chi connectivity index (χ0n) is 8.90.